The zero-order valence-electron chi connectivity index (χ0n) is 24.7. The van der Waals surface area contributed by atoms with Gasteiger partial charge in [0, 0.05) is 41.4 Å². The summed E-state index contributed by atoms with van der Waals surface area (Å²) in [5.41, 5.74) is 26.2. The summed E-state index contributed by atoms with van der Waals surface area (Å²) in [6, 6.07) is 22.1. The summed E-state index contributed by atoms with van der Waals surface area (Å²) in [5, 5.41) is 16.6. The highest BCUT2D eigenvalue weighted by molar-refractivity contribution is 6.01. The molecule has 1 aliphatic carbocycles. The predicted molar refractivity (Wildman–Crippen MR) is 168 cm³/mol. The van der Waals surface area contributed by atoms with Crippen LogP contribution in [-0.2, 0) is 29.0 Å². The molecule has 1 aliphatic heterocycles. The normalized spacial score (nSPS) is 18.6. The lowest BCUT2D eigenvalue weighted by Gasteiger charge is -2.32. The Kier molecular flexibility index (Phi) is 10.5. The third-order valence-electron chi connectivity index (χ3n) is 7.84. The van der Waals surface area contributed by atoms with Crippen LogP contribution in [0.15, 0.2) is 88.0 Å². The van der Waals surface area contributed by atoms with Gasteiger partial charge in [-0.15, -0.1) is 0 Å². The molecule has 0 aromatic heterocycles. The van der Waals surface area contributed by atoms with Crippen LogP contribution in [0.1, 0.15) is 53.2 Å². The molecular weight excluding hydrogens is 574 g/mol. The number of aliphatic imine (C=N–C) groups is 1. The Balaban J connectivity index is 1.60. The van der Waals surface area contributed by atoms with Crippen LogP contribution in [0.5, 0.6) is 5.75 Å². The summed E-state index contributed by atoms with van der Waals surface area (Å²) in [6.45, 7) is 1.23. The van der Waals surface area contributed by atoms with E-state index < -0.39 is 11.6 Å². The molecule has 1 fully saturated rings. The van der Waals surface area contributed by atoms with E-state index in [1.165, 1.54) is 0 Å². The van der Waals surface area contributed by atoms with E-state index >= 15 is 0 Å². The summed E-state index contributed by atoms with van der Waals surface area (Å²) < 4.78 is 12.3. The molecule has 3 N–H and O–H groups in total. The molecule has 0 saturated heterocycles. The minimum absolute atomic E-state index is 0.0386. The molecule has 1 saturated carbocycles. The molecule has 232 valence electrons. The van der Waals surface area contributed by atoms with Gasteiger partial charge in [-0.1, -0.05) is 58.8 Å². The SMILES string of the molecule is [N-]=[N+]=NCc1ccccc1C[C@]1(C(=O)NNCC2CC2)N=C(c2ccc(OCCCO)cc2)O[C@H]1c1ccccc1CN=[N+]=[N-]. The minimum Gasteiger partial charge on any atom is -0.494 e. The van der Waals surface area contributed by atoms with Gasteiger partial charge in [0.1, 0.15) is 5.75 Å². The number of hydrogen-bond donors (Lipinski definition) is 3. The van der Waals surface area contributed by atoms with Crippen LogP contribution in [0, 0.1) is 5.92 Å². The van der Waals surface area contributed by atoms with E-state index in [2.05, 4.69) is 30.9 Å². The molecule has 2 atom stereocenters. The molecule has 3 aromatic carbocycles. The first-order valence-corrected chi connectivity index (χ1v) is 14.9. The van der Waals surface area contributed by atoms with E-state index in [0.717, 1.165) is 24.0 Å². The number of aliphatic hydroxyl groups is 1. The van der Waals surface area contributed by atoms with Crippen LogP contribution in [0.2, 0.25) is 0 Å². The van der Waals surface area contributed by atoms with E-state index in [1.807, 2.05) is 60.7 Å². The summed E-state index contributed by atoms with van der Waals surface area (Å²) >= 11 is 0. The quantitative estimate of drug-likeness (QED) is 0.0625. The summed E-state index contributed by atoms with van der Waals surface area (Å²) in [4.78, 5) is 25.4. The highest BCUT2D eigenvalue weighted by Gasteiger charge is 2.54. The molecular formula is C32H35N9O4. The lowest BCUT2D eigenvalue weighted by atomic mass is 9.80. The van der Waals surface area contributed by atoms with Crippen LogP contribution >= 0.6 is 0 Å². The van der Waals surface area contributed by atoms with Gasteiger partial charge in [-0.3, -0.25) is 10.2 Å². The second-order valence-electron chi connectivity index (χ2n) is 11.0. The van der Waals surface area contributed by atoms with Gasteiger partial charge in [-0.05, 0) is 76.3 Å². The molecule has 1 heterocycles. The highest BCUT2D eigenvalue weighted by atomic mass is 16.5. The Morgan fingerprint density at radius 3 is 2.33 bits per heavy atom. The third-order valence-corrected chi connectivity index (χ3v) is 7.84. The second-order valence-corrected chi connectivity index (χ2v) is 11.0. The number of carbonyl (C=O) groups excluding carboxylic acids is 1. The number of nitrogens with zero attached hydrogens (tertiary/aromatic N) is 7. The monoisotopic (exact) mass is 609 g/mol. The summed E-state index contributed by atoms with van der Waals surface area (Å²) in [5.74, 6) is 1.03. The van der Waals surface area contributed by atoms with Crippen LogP contribution in [-0.4, -0.2) is 42.2 Å². The topological polar surface area (TPSA) is 190 Å². The highest BCUT2D eigenvalue weighted by Crippen LogP contribution is 2.44. The molecule has 0 radical (unpaired) electrons. The van der Waals surface area contributed by atoms with Crippen LogP contribution in [0.25, 0.3) is 20.9 Å². The van der Waals surface area contributed by atoms with Crippen molar-refractivity contribution in [2.75, 3.05) is 19.8 Å². The van der Waals surface area contributed by atoms with Gasteiger partial charge in [-0.25, -0.2) is 10.4 Å². The molecule has 2 aliphatic rings. The van der Waals surface area contributed by atoms with Crippen molar-refractivity contribution in [1.82, 2.24) is 10.9 Å². The Labute approximate surface area is 260 Å². The van der Waals surface area contributed by atoms with E-state index in [9.17, 15) is 4.79 Å². The molecule has 0 bridgehead atoms. The van der Waals surface area contributed by atoms with Gasteiger partial charge in [-0.2, -0.15) is 0 Å². The van der Waals surface area contributed by atoms with Crippen molar-refractivity contribution in [2.45, 2.75) is 50.4 Å². The maximum absolute atomic E-state index is 14.4. The van der Waals surface area contributed by atoms with Crippen molar-refractivity contribution in [3.63, 3.8) is 0 Å². The fourth-order valence-electron chi connectivity index (χ4n) is 5.29. The fourth-order valence-corrected chi connectivity index (χ4v) is 5.29. The van der Waals surface area contributed by atoms with Crippen LogP contribution < -0.4 is 15.6 Å². The first-order chi connectivity index (χ1) is 22.1. The smallest absolute Gasteiger partial charge is 0.266 e. The number of rotatable bonds is 16. The van der Waals surface area contributed by atoms with Gasteiger partial charge in [0.15, 0.2) is 11.6 Å². The number of amides is 1. The first kappa shape index (κ1) is 31.4. The van der Waals surface area contributed by atoms with E-state index in [4.69, 9.17) is 30.6 Å². The molecule has 13 nitrogen and oxygen atoms in total. The number of nitrogens with one attached hydrogen (secondary N) is 2. The average molecular weight is 610 g/mol. The number of azide groups is 2. The Bertz CT molecular complexity index is 1610. The number of hydrogen-bond acceptors (Lipinski definition) is 8. The molecule has 13 heteroatoms. The predicted octanol–water partition coefficient (Wildman–Crippen LogP) is 5.60. The van der Waals surface area contributed by atoms with E-state index in [-0.39, 0.29) is 37.9 Å². The van der Waals surface area contributed by atoms with Gasteiger partial charge in [0.05, 0.1) is 19.7 Å². The molecule has 0 spiro atoms. The second kappa shape index (κ2) is 15.1. The first-order valence-electron chi connectivity index (χ1n) is 14.9. The maximum atomic E-state index is 14.4. The van der Waals surface area contributed by atoms with Crippen molar-refractivity contribution in [2.24, 2.45) is 21.1 Å². The number of ether oxygens (including phenoxy) is 2. The van der Waals surface area contributed by atoms with Gasteiger partial charge < -0.3 is 14.6 Å². The van der Waals surface area contributed by atoms with Crippen molar-refractivity contribution >= 4 is 11.8 Å². The number of carbonyl (C=O) groups is 1. The number of aliphatic hydroxyl groups excluding tert-OH is 1. The number of hydrazine groups is 1. The van der Waals surface area contributed by atoms with Gasteiger partial charge in [0.2, 0.25) is 5.90 Å². The lowest BCUT2D eigenvalue weighted by Crippen LogP contribution is -2.54. The van der Waals surface area contributed by atoms with Crippen molar-refractivity contribution < 1.29 is 19.4 Å². The third kappa shape index (κ3) is 7.72. The van der Waals surface area contributed by atoms with Crippen LogP contribution in [0.4, 0.5) is 0 Å². The molecule has 5 rings (SSSR count). The molecule has 45 heavy (non-hydrogen) atoms. The Hall–Kier alpha value is -5.06. The van der Waals surface area contributed by atoms with E-state index in [0.29, 0.717) is 47.9 Å². The summed E-state index contributed by atoms with van der Waals surface area (Å²) in [6.07, 6.45) is 1.98. The Morgan fingerprint density at radius 1 is 0.978 bits per heavy atom. The molecule has 1 amide bonds. The zero-order valence-corrected chi connectivity index (χ0v) is 24.7. The van der Waals surface area contributed by atoms with Gasteiger partial charge in [0.25, 0.3) is 5.91 Å². The van der Waals surface area contributed by atoms with Crippen molar-refractivity contribution in [3.8, 4) is 5.75 Å². The largest absolute Gasteiger partial charge is 0.494 e. The summed E-state index contributed by atoms with van der Waals surface area (Å²) in [7, 11) is 0. The van der Waals surface area contributed by atoms with Crippen molar-refractivity contribution in [3.05, 3.63) is 121 Å². The molecule has 3 aromatic rings. The van der Waals surface area contributed by atoms with Gasteiger partial charge >= 0.3 is 0 Å². The maximum Gasteiger partial charge on any atom is 0.266 e. The lowest BCUT2D eigenvalue weighted by molar-refractivity contribution is -0.130. The van der Waals surface area contributed by atoms with E-state index in [1.54, 1.807) is 12.1 Å². The standard InChI is InChI=1S/C32H35N9O4/c33-40-36-20-25-7-2-1-6-24(25)18-32(31(43)39-35-19-22-10-11-22)29(28-9-4-3-8-26(28)21-37-41-34)45-30(38-32)23-12-14-27(15-13-23)44-17-5-16-42/h1-4,6-9,12-15,22,29,35,42H,5,10-11,16-21H2,(H,39,43)/t29-,32-/m0/s1. The average Bonchev–Trinajstić information content (AvgIpc) is 3.82. The van der Waals surface area contributed by atoms with Crippen LogP contribution in [0.3, 0.4) is 0 Å². The fraction of sp³-hybridized carbons (Fsp3) is 0.375. The zero-order chi connectivity index (χ0) is 31.5. The number of benzene rings is 3. The van der Waals surface area contributed by atoms with Crippen molar-refractivity contribution in [1.29, 1.82) is 0 Å². The Morgan fingerprint density at radius 2 is 1.64 bits per heavy atom. The minimum atomic E-state index is -1.50. The molecule has 0 unspecified atom stereocenters.